The number of hydrogen-bond acceptors (Lipinski definition) is 2. The minimum Gasteiger partial charge on any atom is -0.355 e. The third-order valence-corrected chi connectivity index (χ3v) is 6.42. The molecule has 0 radical (unpaired) electrons. The molecule has 2 atom stereocenters. The average molecular weight is 335 g/mol. The molecule has 2 heterocycles. The largest absolute Gasteiger partial charge is 0.355 e. The van der Waals surface area contributed by atoms with Crippen LogP contribution < -0.4 is 5.32 Å². The summed E-state index contributed by atoms with van der Waals surface area (Å²) in [5.41, 5.74) is 4.14. The molecule has 4 nitrogen and oxygen atoms in total. The number of aromatic nitrogens is 2. The van der Waals surface area contributed by atoms with Gasteiger partial charge in [-0.25, -0.2) is 4.98 Å². The van der Waals surface area contributed by atoms with Crippen LogP contribution in [-0.4, -0.2) is 22.0 Å². The lowest BCUT2D eigenvalue weighted by molar-refractivity contribution is -0.122. The lowest BCUT2D eigenvalue weighted by Gasteiger charge is -2.11. The Kier molecular flexibility index (Phi) is 3.47. The van der Waals surface area contributed by atoms with E-state index < -0.39 is 0 Å². The Hall–Kier alpha value is -2.10. The first kappa shape index (κ1) is 15.2. The summed E-state index contributed by atoms with van der Waals surface area (Å²) in [5, 5.41) is 3.17. The van der Waals surface area contributed by atoms with E-state index >= 15 is 0 Å². The second-order valence-electron chi connectivity index (χ2n) is 7.91. The Morgan fingerprint density at radius 3 is 3.12 bits per heavy atom. The predicted octanol–water partition coefficient (Wildman–Crippen LogP) is 2.78. The fraction of sp³-hybridized carbons (Fsp3) is 0.524. The number of fused-ring (bicyclic) bond motifs is 3. The SMILES string of the molecule is O=C(NCCc1cn2c(n1)CCCC2)[C@H]1C[C@@]12CCc1ccccc12. The van der Waals surface area contributed by atoms with E-state index in [-0.39, 0.29) is 17.2 Å². The van der Waals surface area contributed by atoms with Crippen LogP contribution in [0.1, 0.15) is 48.3 Å². The van der Waals surface area contributed by atoms with Crippen LogP contribution in [0.3, 0.4) is 0 Å². The molecule has 2 aliphatic carbocycles. The zero-order valence-corrected chi connectivity index (χ0v) is 14.6. The molecule has 1 fully saturated rings. The van der Waals surface area contributed by atoms with Crippen molar-refractivity contribution in [2.24, 2.45) is 5.92 Å². The fourth-order valence-corrected chi connectivity index (χ4v) is 4.97. The fourth-order valence-electron chi connectivity index (χ4n) is 4.97. The monoisotopic (exact) mass is 335 g/mol. The molecule has 1 aromatic heterocycles. The van der Waals surface area contributed by atoms with Gasteiger partial charge in [0.25, 0.3) is 0 Å². The van der Waals surface area contributed by atoms with Gasteiger partial charge in [-0.3, -0.25) is 4.79 Å². The standard InChI is InChI=1S/C21H25N3O/c25-20(18-13-21(18)10-8-15-5-1-2-6-17(15)21)22-11-9-16-14-24-12-4-3-7-19(24)23-16/h1-2,5-6,14,18H,3-4,7-13H2,(H,22,25)/t18-,21-/m1/s1. The van der Waals surface area contributed by atoms with Crippen LogP contribution in [-0.2, 0) is 36.0 Å². The lowest BCUT2D eigenvalue weighted by Crippen LogP contribution is -2.29. The van der Waals surface area contributed by atoms with Crippen molar-refractivity contribution in [2.45, 2.75) is 56.9 Å². The summed E-state index contributed by atoms with van der Waals surface area (Å²) in [6.45, 7) is 1.79. The van der Waals surface area contributed by atoms with Gasteiger partial charge < -0.3 is 9.88 Å². The van der Waals surface area contributed by atoms with Crippen molar-refractivity contribution in [1.82, 2.24) is 14.9 Å². The smallest absolute Gasteiger partial charge is 0.224 e. The van der Waals surface area contributed by atoms with Crippen molar-refractivity contribution in [1.29, 1.82) is 0 Å². The first-order chi connectivity index (χ1) is 12.3. The van der Waals surface area contributed by atoms with Crippen molar-refractivity contribution in [3.05, 3.63) is 53.1 Å². The van der Waals surface area contributed by atoms with E-state index in [9.17, 15) is 4.79 Å². The number of imidazole rings is 1. The van der Waals surface area contributed by atoms with E-state index in [4.69, 9.17) is 4.98 Å². The van der Waals surface area contributed by atoms with Gasteiger partial charge in [0.1, 0.15) is 5.82 Å². The minimum absolute atomic E-state index is 0.147. The Morgan fingerprint density at radius 2 is 2.20 bits per heavy atom. The Morgan fingerprint density at radius 1 is 1.28 bits per heavy atom. The third kappa shape index (κ3) is 2.50. The molecule has 1 saturated carbocycles. The number of carbonyl (C=O) groups excluding carboxylic acids is 1. The number of rotatable bonds is 4. The van der Waals surface area contributed by atoms with Gasteiger partial charge in [-0.1, -0.05) is 24.3 Å². The first-order valence-electron chi connectivity index (χ1n) is 9.67. The van der Waals surface area contributed by atoms with E-state index in [1.807, 2.05) is 0 Å². The first-order valence-corrected chi connectivity index (χ1v) is 9.67. The quantitative estimate of drug-likeness (QED) is 0.934. The summed E-state index contributed by atoms with van der Waals surface area (Å²) in [6, 6.07) is 8.67. The van der Waals surface area contributed by atoms with Crippen molar-refractivity contribution < 1.29 is 4.79 Å². The minimum atomic E-state index is 0.147. The summed E-state index contributed by atoms with van der Waals surface area (Å²) >= 11 is 0. The van der Waals surface area contributed by atoms with Crippen LogP contribution in [0.15, 0.2) is 30.5 Å². The molecule has 3 aliphatic rings. The van der Waals surface area contributed by atoms with E-state index in [1.54, 1.807) is 0 Å². The number of aryl methyl sites for hydroxylation is 3. The zero-order valence-electron chi connectivity index (χ0n) is 14.6. The van der Waals surface area contributed by atoms with Gasteiger partial charge in [0.05, 0.1) is 5.69 Å². The van der Waals surface area contributed by atoms with Gasteiger partial charge in [-0.2, -0.15) is 0 Å². The summed E-state index contributed by atoms with van der Waals surface area (Å²) in [4.78, 5) is 17.3. The van der Waals surface area contributed by atoms with Crippen LogP contribution in [0.5, 0.6) is 0 Å². The molecule has 5 rings (SSSR count). The molecule has 4 heteroatoms. The van der Waals surface area contributed by atoms with Crippen LogP contribution in [0.4, 0.5) is 0 Å². The van der Waals surface area contributed by atoms with E-state index in [0.717, 1.165) is 44.3 Å². The number of nitrogens with one attached hydrogen (secondary N) is 1. The molecule has 1 amide bonds. The lowest BCUT2D eigenvalue weighted by atomic mass is 9.95. The molecule has 1 aliphatic heterocycles. The maximum atomic E-state index is 12.6. The maximum Gasteiger partial charge on any atom is 0.224 e. The van der Waals surface area contributed by atoms with Gasteiger partial charge in [0.2, 0.25) is 5.91 Å². The van der Waals surface area contributed by atoms with Crippen molar-refractivity contribution in [3.8, 4) is 0 Å². The van der Waals surface area contributed by atoms with E-state index in [1.165, 1.54) is 29.8 Å². The number of hydrogen-bond donors (Lipinski definition) is 1. The maximum absolute atomic E-state index is 12.6. The van der Waals surface area contributed by atoms with Crippen LogP contribution in [0.2, 0.25) is 0 Å². The van der Waals surface area contributed by atoms with E-state index in [2.05, 4.69) is 40.3 Å². The number of carbonyl (C=O) groups is 1. The molecule has 1 N–H and O–H groups in total. The Labute approximate surface area is 148 Å². The summed E-state index contributed by atoms with van der Waals surface area (Å²) in [7, 11) is 0. The molecule has 25 heavy (non-hydrogen) atoms. The van der Waals surface area contributed by atoms with E-state index in [0.29, 0.717) is 6.54 Å². The zero-order chi connectivity index (χ0) is 16.9. The average Bonchev–Trinajstić information content (AvgIpc) is 3.03. The molecule has 1 aromatic carbocycles. The number of nitrogens with zero attached hydrogens (tertiary/aromatic N) is 2. The second kappa shape index (κ2) is 5.72. The molecule has 1 spiro atoms. The van der Waals surface area contributed by atoms with Crippen LogP contribution >= 0.6 is 0 Å². The highest BCUT2D eigenvalue weighted by atomic mass is 16.2. The molecule has 0 saturated heterocycles. The third-order valence-electron chi connectivity index (χ3n) is 6.42. The summed E-state index contributed by atoms with van der Waals surface area (Å²) in [5.74, 6) is 1.63. The normalized spacial score (nSPS) is 26.3. The molecule has 0 unspecified atom stereocenters. The predicted molar refractivity (Wildman–Crippen MR) is 96.4 cm³/mol. The highest BCUT2D eigenvalue weighted by Crippen LogP contribution is 2.61. The van der Waals surface area contributed by atoms with Gasteiger partial charge in [-0.15, -0.1) is 0 Å². The van der Waals surface area contributed by atoms with Gasteiger partial charge >= 0.3 is 0 Å². The van der Waals surface area contributed by atoms with Crippen LogP contribution in [0.25, 0.3) is 0 Å². The molecular formula is C21H25N3O. The van der Waals surface area contributed by atoms with Gasteiger partial charge in [-0.05, 0) is 43.2 Å². The Balaban J connectivity index is 1.18. The van der Waals surface area contributed by atoms with Gasteiger partial charge in [0.15, 0.2) is 0 Å². The Bertz CT molecular complexity index is 801. The number of benzene rings is 1. The molecular weight excluding hydrogens is 310 g/mol. The highest BCUT2D eigenvalue weighted by Gasteiger charge is 2.61. The topological polar surface area (TPSA) is 46.9 Å². The van der Waals surface area contributed by atoms with Crippen molar-refractivity contribution in [2.75, 3.05) is 6.54 Å². The van der Waals surface area contributed by atoms with Crippen LogP contribution in [0, 0.1) is 5.92 Å². The van der Waals surface area contributed by atoms with Crippen molar-refractivity contribution >= 4 is 5.91 Å². The summed E-state index contributed by atoms with van der Waals surface area (Å²) in [6.07, 6.45) is 9.89. The molecule has 2 aromatic rings. The van der Waals surface area contributed by atoms with Gasteiger partial charge in [0, 0.05) is 43.5 Å². The highest BCUT2D eigenvalue weighted by molar-refractivity contribution is 5.85. The molecule has 0 bridgehead atoms. The number of amides is 1. The summed E-state index contributed by atoms with van der Waals surface area (Å²) < 4.78 is 2.28. The van der Waals surface area contributed by atoms with Crippen molar-refractivity contribution in [3.63, 3.8) is 0 Å². The second-order valence-corrected chi connectivity index (χ2v) is 7.91. The molecule has 130 valence electrons.